The van der Waals surface area contributed by atoms with Gasteiger partial charge in [-0.2, -0.15) is 0 Å². The van der Waals surface area contributed by atoms with E-state index in [2.05, 4.69) is 96.6 Å². The third kappa shape index (κ3) is 8.84. The van der Waals surface area contributed by atoms with Crippen molar-refractivity contribution in [1.82, 2.24) is 9.97 Å². The first kappa shape index (κ1) is 31.1. The summed E-state index contributed by atoms with van der Waals surface area (Å²) < 4.78 is 23.4. The Morgan fingerprint density at radius 1 is 0.688 bits per heavy atom. The van der Waals surface area contributed by atoms with Crippen molar-refractivity contribution in [2.45, 2.75) is 64.6 Å². The van der Waals surface area contributed by atoms with Gasteiger partial charge >= 0.3 is 0 Å². The van der Waals surface area contributed by atoms with E-state index in [9.17, 15) is 0 Å². The molecule has 48 heavy (non-hydrogen) atoms. The van der Waals surface area contributed by atoms with Crippen LogP contribution in [0, 0.1) is 24.9 Å². The average molecular weight is 808 g/mol. The Kier molecular flexibility index (Phi) is 10.9. The Hall–Kier alpha value is -4.17. The predicted molar refractivity (Wildman–Crippen MR) is 196 cm³/mol. The van der Waals surface area contributed by atoms with Crippen molar-refractivity contribution in [3.05, 3.63) is 168 Å². The van der Waals surface area contributed by atoms with Gasteiger partial charge < -0.3 is 9.97 Å². The quantitative estimate of drug-likeness (QED) is 0.150. The number of hydrogen-bond donors (Lipinski definition) is 0. The van der Waals surface area contributed by atoms with Crippen molar-refractivity contribution < 1.29 is 24.2 Å². The molecule has 0 amide bonds. The second-order valence-corrected chi connectivity index (χ2v) is 13.0. The monoisotopic (exact) mass is 808 g/mol. The number of rotatable bonds is 7. The molecule has 0 atom stereocenters. The fourth-order valence-corrected chi connectivity index (χ4v) is 6.46. The van der Waals surface area contributed by atoms with Gasteiger partial charge in [0.15, 0.2) is 0 Å². The third-order valence-corrected chi connectivity index (χ3v) is 9.39. The van der Waals surface area contributed by atoms with Crippen LogP contribution in [0.2, 0.25) is 0 Å². The molecule has 1 saturated carbocycles. The summed E-state index contributed by atoms with van der Waals surface area (Å²) in [4.78, 5) is 8.92. The summed E-state index contributed by atoms with van der Waals surface area (Å²) in [5, 5.41) is 0. The Labute approximate surface area is 305 Å². The molecule has 7 rings (SSSR count). The zero-order valence-corrected chi connectivity index (χ0v) is 30.1. The van der Waals surface area contributed by atoms with E-state index in [0.717, 1.165) is 34.5 Å². The van der Waals surface area contributed by atoms with E-state index in [-0.39, 0.29) is 25.5 Å². The van der Waals surface area contributed by atoms with Gasteiger partial charge in [-0.1, -0.05) is 118 Å². The van der Waals surface area contributed by atoms with Gasteiger partial charge in [0.05, 0.1) is 0 Å². The van der Waals surface area contributed by atoms with E-state index in [4.69, 9.17) is 4.11 Å². The van der Waals surface area contributed by atoms with E-state index >= 15 is 0 Å². The minimum absolute atomic E-state index is 0. The van der Waals surface area contributed by atoms with Crippen LogP contribution in [0.5, 0.6) is 0 Å². The summed E-state index contributed by atoms with van der Waals surface area (Å²) >= 11 is 0. The summed E-state index contributed by atoms with van der Waals surface area (Å²) in [6.07, 6.45) is 10.5. The van der Waals surface area contributed by atoms with Gasteiger partial charge in [-0.05, 0) is 64.5 Å². The zero-order valence-electron chi connectivity index (χ0n) is 30.7. The fourth-order valence-electron chi connectivity index (χ4n) is 6.46. The van der Waals surface area contributed by atoms with Crippen molar-refractivity contribution >= 4 is 0 Å². The normalized spacial score (nSPS) is 14.3. The average Bonchev–Trinajstić information content (AvgIpc) is 3.16. The zero-order chi connectivity index (χ0) is 35.0. The minimum atomic E-state index is -2.10. The van der Waals surface area contributed by atoms with Crippen LogP contribution in [-0.4, -0.2) is 9.97 Å². The molecule has 1 aliphatic rings. The van der Waals surface area contributed by atoms with Gasteiger partial charge in [-0.15, -0.1) is 71.8 Å². The molecule has 2 aromatic heterocycles. The molecule has 4 aromatic carbocycles. The standard InChI is InChI=1S/C26H22N.C19H22N.Ir/c1-26(2,23-15-13-21(14-16-23)20-9-5-3-6-10-20)24-17-18-27-25(19-24)22-11-7-4-8-12-22;1-15-14-20-19(17-10-6-3-7-11-17)13-18(15)12-16-8-4-2-5-9-16;/h3-11,13-19H,1-2H3;3,6-7,10,13-14,16H,2,4-5,8-9,12H2,1H3;/q2*-1;/i;1D3;. The van der Waals surface area contributed by atoms with Crippen molar-refractivity contribution in [3.63, 3.8) is 0 Å². The molecular formula is C45H44IrN2-2. The van der Waals surface area contributed by atoms with Crippen LogP contribution in [0.1, 0.15) is 72.3 Å². The van der Waals surface area contributed by atoms with Crippen LogP contribution in [0.3, 0.4) is 0 Å². The number of hydrogen-bond acceptors (Lipinski definition) is 2. The first-order chi connectivity index (χ1) is 24.2. The van der Waals surface area contributed by atoms with E-state index in [0.29, 0.717) is 11.5 Å². The summed E-state index contributed by atoms with van der Waals surface area (Å²) in [7, 11) is 0. The molecule has 1 fully saturated rings. The summed E-state index contributed by atoms with van der Waals surface area (Å²) in [6, 6.07) is 47.7. The summed E-state index contributed by atoms with van der Waals surface area (Å²) in [5.41, 5.74) is 9.95. The van der Waals surface area contributed by atoms with Crippen molar-refractivity contribution in [1.29, 1.82) is 0 Å². The maximum Gasteiger partial charge on any atom is 0.0280 e. The molecule has 2 nitrogen and oxygen atoms in total. The molecule has 2 heterocycles. The Morgan fingerprint density at radius 2 is 1.31 bits per heavy atom. The van der Waals surface area contributed by atoms with E-state index in [1.54, 1.807) is 6.20 Å². The first-order valence-corrected chi connectivity index (χ1v) is 16.7. The maximum absolute atomic E-state index is 7.79. The second kappa shape index (κ2) is 16.8. The SMILES string of the molecule is CC(C)(c1ccc(-c2ccccc2)cc1)c1ccnc(-c2[c-]cccc2)c1.[2H]C([2H])([2H])c1cnc(-c2[c-]cccc2)cc1CC1CCCCC1.[Ir]. The number of pyridine rings is 2. The van der Waals surface area contributed by atoms with Gasteiger partial charge in [-0.25, -0.2) is 0 Å². The number of aromatic nitrogens is 2. The molecule has 245 valence electrons. The molecule has 0 unspecified atom stereocenters. The van der Waals surface area contributed by atoms with Crippen LogP contribution in [0.15, 0.2) is 134 Å². The van der Waals surface area contributed by atoms with Crippen molar-refractivity contribution in [2.24, 2.45) is 5.92 Å². The van der Waals surface area contributed by atoms with Gasteiger partial charge in [0.2, 0.25) is 0 Å². The van der Waals surface area contributed by atoms with Crippen LogP contribution >= 0.6 is 0 Å². The van der Waals surface area contributed by atoms with Crippen molar-refractivity contribution in [3.8, 4) is 33.6 Å². The molecular weight excluding hydrogens is 761 g/mol. The molecule has 0 aliphatic heterocycles. The Balaban J connectivity index is 0.000000196. The smallest absolute Gasteiger partial charge is 0.0280 e. The van der Waals surface area contributed by atoms with Crippen LogP contribution in [0.4, 0.5) is 0 Å². The molecule has 0 bridgehead atoms. The van der Waals surface area contributed by atoms with Crippen LogP contribution < -0.4 is 0 Å². The number of nitrogens with zero attached hydrogens (tertiary/aromatic N) is 2. The van der Waals surface area contributed by atoms with Crippen LogP contribution in [-0.2, 0) is 31.9 Å². The van der Waals surface area contributed by atoms with E-state index in [1.807, 2.05) is 66.9 Å². The van der Waals surface area contributed by atoms with Crippen LogP contribution in [0.25, 0.3) is 33.6 Å². The van der Waals surface area contributed by atoms with E-state index < -0.39 is 6.85 Å². The van der Waals surface area contributed by atoms with E-state index in [1.165, 1.54) is 54.4 Å². The number of benzene rings is 4. The van der Waals surface area contributed by atoms with Gasteiger partial charge in [-0.3, -0.25) is 0 Å². The third-order valence-electron chi connectivity index (χ3n) is 9.39. The summed E-state index contributed by atoms with van der Waals surface area (Å²) in [5.74, 6) is 0.597. The Morgan fingerprint density at radius 3 is 1.94 bits per heavy atom. The Bertz CT molecular complexity index is 1950. The topological polar surface area (TPSA) is 25.8 Å². The summed E-state index contributed by atoms with van der Waals surface area (Å²) in [6.45, 7) is 2.42. The molecule has 0 N–H and O–H groups in total. The molecule has 3 heteroatoms. The van der Waals surface area contributed by atoms with Gasteiger partial charge in [0.1, 0.15) is 0 Å². The predicted octanol–water partition coefficient (Wildman–Crippen LogP) is 11.5. The minimum Gasteiger partial charge on any atom is -0.305 e. The molecule has 6 aromatic rings. The first-order valence-electron chi connectivity index (χ1n) is 18.2. The largest absolute Gasteiger partial charge is 0.305 e. The van der Waals surface area contributed by atoms with Crippen molar-refractivity contribution in [2.75, 3.05) is 0 Å². The molecule has 1 aliphatic carbocycles. The second-order valence-electron chi connectivity index (χ2n) is 13.0. The molecule has 0 saturated heterocycles. The molecule has 0 spiro atoms. The molecule has 1 radical (unpaired) electrons. The fraction of sp³-hybridized carbons (Fsp3) is 0.244. The van der Waals surface area contributed by atoms with Gasteiger partial charge in [0, 0.05) is 42.0 Å². The maximum atomic E-state index is 7.79. The van der Waals surface area contributed by atoms with Gasteiger partial charge in [0.25, 0.3) is 0 Å². The number of aryl methyl sites for hydroxylation is 1.